The molecule has 0 radical (unpaired) electrons. The summed E-state index contributed by atoms with van der Waals surface area (Å²) in [7, 11) is 0. The normalized spacial score (nSPS) is 15.3. The molecule has 2 aromatic rings. The molecule has 0 bridgehead atoms. The van der Waals surface area contributed by atoms with E-state index in [2.05, 4.69) is 4.84 Å². The summed E-state index contributed by atoms with van der Waals surface area (Å²) >= 11 is 0. The lowest BCUT2D eigenvalue weighted by Gasteiger charge is -2.24. The van der Waals surface area contributed by atoms with Crippen LogP contribution < -0.4 is 0 Å². The second kappa shape index (κ2) is 3.91. The molecule has 0 aromatic heterocycles. The lowest BCUT2D eigenvalue weighted by Crippen LogP contribution is -2.41. The summed E-state index contributed by atoms with van der Waals surface area (Å²) in [6.45, 7) is 1.07. The van der Waals surface area contributed by atoms with Gasteiger partial charge in [0.25, 0.3) is 11.8 Å². The zero-order valence-corrected chi connectivity index (χ0v) is 9.89. The molecule has 0 unspecified atom stereocenters. The zero-order valence-electron chi connectivity index (χ0n) is 11.9. The number of hydroxylamine groups is 2. The summed E-state index contributed by atoms with van der Waals surface area (Å²) in [5.41, 5.74) is 0.0609. The fourth-order valence-corrected chi connectivity index (χ4v) is 2.07. The molecule has 1 heterocycles. The summed E-state index contributed by atoms with van der Waals surface area (Å²) in [5.74, 6) is -2.48. The second-order valence-corrected chi connectivity index (χ2v) is 4.05. The second-order valence-electron chi connectivity index (χ2n) is 4.05. The van der Waals surface area contributed by atoms with Crippen molar-refractivity contribution in [3.8, 4) is 0 Å². The van der Waals surface area contributed by atoms with Crippen molar-refractivity contribution in [2.75, 3.05) is 0 Å². The highest BCUT2D eigenvalue weighted by Gasteiger charge is 2.35. The van der Waals surface area contributed by atoms with Crippen LogP contribution in [0.4, 0.5) is 0 Å². The van der Waals surface area contributed by atoms with Crippen LogP contribution in [0.3, 0.4) is 0 Å². The number of nitrogens with zero attached hydrogens (tertiary/aromatic N) is 1. The third-order valence-electron chi connectivity index (χ3n) is 2.80. The Labute approximate surface area is 111 Å². The Morgan fingerprint density at radius 2 is 1.95 bits per heavy atom. The van der Waals surface area contributed by atoms with E-state index in [9.17, 15) is 14.4 Å². The monoisotopic (exact) mass is 259 g/mol. The van der Waals surface area contributed by atoms with Crippen molar-refractivity contribution in [3.05, 3.63) is 47.5 Å². The summed E-state index contributed by atoms with van der Waals surface area (Å²) in [4.78, 5) is 40.3. The number of carbonyl (C=O) groups is 3. The van der Waals surface area contributed by atoms with Crippen LogP contribution in [0.15, 0.2) is 36.4 Å². The molecule has 1 aliphatic rings. The Balaban J connectivity index is 2.37. The largest absolute Gasteiger partial charge is 0.330 e. The van der Waals surface area contributed by atoms with E-state index in [-0.39, 0.29) is 23.2 Å². The lowest BCUT2D eigenvalue weighted by atomic mass is 9.95. The van der Waals surface area contributed by atoms with Crippen molar-refractivity contribution in [3.63, 3.8) is 0 Å². The molecule has 3 rings (SSSR count). The van der Waals surface area contributed by atoms with Gasteiger partial charge in [0.1, 0.15) is 0 Å². The highest BCUT2D eigenvalue weighted by Crippen LogP contribution is 2.29. The summed E-state index contributed by atoms with van der Waals surface area (Å²) < 4.78 is 15.6. The Bertz CT molecular complexity index is 831. The van der Waals surface area contributed by atoms with Gasteiger partial charge < -0.3 is 4.84 Å². The minimum absolute atomic E-state index is 0.103. The molecule has 0 atom stereocenters. The molecule has 0 aliphatic carbocycles. The van der Waals surface area contributed by atoms with Crippen molar-refractivity contribution in [2.24, 2.45) is 0 Å². The smallest absolute Gasteiger partial charge is 0.330 e. The van der Waals surface area contributed by atoms with Crippen LogP contribution in [0.2, 0.25) is 0 Å². The van der Waals surface area contributed by atoms with E-state index in [1.807, 2.05) is 0 Å². The SMILES string of the molecule is [3H]c1cc2cccc3c2c(c1[3H])C(=O)N(OC(C)=O)C3=O. The van der Waals surface area contributed by atoms with Gasteiger partial charge in [-0.1, -0.05) is 29.3 Å². The van der Waals surface area contributed by atoms with Crippen LogP contribution in [-0.4, -0.2) is 22.8 Å². The third-order valence-corrected chi connectivity index (χ3v) is 2.80. The number of amides is 2. The van der Waals surface area contributed by atoms with Crippen LogP contribution in [0.25, 0.3) is 10.8 Å². The van der Waals surface area contributed by atoms with E-state index >= 15 is 0 Å². The molecule has 5 nitrogen and oxygen atoms in total. The van der Waals surface area contributed by atoms with E-state index in [0.717, 1.165) is 6.92 Å². The summed E-state index contributed by atoms with van der Waals surface area (Å²) in [5, 5.41) is 1.18. The topological polar surface area (TPSA) is 63.7 Å². The molecular formula is C14H9NO4. The molecule has 94 valence electrons. The Morgan fingerprint density at radius 1 is 1.21 bits per heavy atom. The van der Waals surface area contributed by atoms with Crippen LogP contribution >= 0.6 is 0 Å². The summed E-state index contributed by atoms with van der Waals surface area (Å²) in [6, 6.07) is 5.73. The van der Waals surface area contributed by atoms with Gasteiger partial charge in [-0.15, -0.1) is 0 Å². The molecule has 0 spiro atoms. The van der Waals surface area contributed by atoms with E-state index in [0.29, 0.717) is 15.8 Å². The maximum atomic E-state index is 12.3. The minimum Gasteiger partial charge on any atom is -0.330 e. The third kappa shape index (κ3) is 1.59. The Kier molecular flexibility index (Phi) is 1.91. The quantitative estimate of drug-likeness (QED) is 0.734. The molecule has 5 heteroatoms. The molecule has 19 heavy (non-hydrogen) atoms. The van der Waals surface area contributed by atoms with Gasteiger partial charge in [0.2, 0.25) is 0 Å². The van der Waals surface area contributed by atoms with E-state index in [1.54, 1.807) is 12.1 Å². The van der Waals surface area contributed by atoms with Crippen molar-refractivity contribution in [2.45, 2.75) is 6.92 Å². The molecule has 0 fully saturated rings. The fraction of sp³-hybridized carbons (Fsp3) is 0.0714. The minimum atomic E-state index is -0.905. The average Bonchev–Trinajstić information content (AvgIpc) is 2.43. The Morgan fingerprint density at radius 3 is 2.68 bits per heavy atom. The molecule has 0 saturated carbocycles. The van der Waals surface area contributed by atoms with Crippen molar-refractivity contribution in [1.29, 1.82) is 0 Å². The maximum absolute atomic E-state index is 12.3. The highest BCUT2D eigenvalue weighted by molar-refractivity contribution is 6.25. The zero-order chi connectivity index (χ0) is 15.3. The van der Waals surface area contributed by atoms with Gasteiger partial charge in [0, 0.05) is 12.3 Å². The Hall–Kier alpha value is -2.69. The van der Waals surface area contributed by atoms with Crippen LogP contribution in [-0.2, 0) is 9.63 Å². The lowest BCUT2D eigenvalue weighted by molar-refractivity contribution is -0.166. The van der Waals surface area contributed by atoms with Crippen molar-refractivity contribution < 1.29 is 22.0 Å². The first-order valence-corrected chi connectivity index (χ1v) is 5.52. The van der Waals surface area contributed by atoms with Crippen LogP contribution in [0, 0.1) is 0 Å². The number of imide groups is 1. The summed E-state index contributed by atoms with van der Waals surface area (Å²) in [6.07, 6.45) is 0. The molecule has 2 amide bonds. The van der Waals surface area contributed by atoms with E-state index in [1.165, 1.54) is 12.1 Å². The van der Waals surface area contributed by atoms with Crippen LogP contribution in [0.5, 0.6) is 0 Å². The van der Waals surface area contributed by atoms with Gasteiger partial charge >= 0.3 is 5.97 Å². The molecule has 1 aliphatic heterocycles. The van der Waals surface area contributed by atoms with Gasteiger partial charge in [-0.25, -0.2) is 4.79 Å². The molecular weight excluding hydrogens is 246 g/mol. The van der Waals surface area contributed by atoms with E-state index in [4.69, 9.17) is 2.74 Å². The molecule has 2 aromatic carbocycles. The predicted octanol–water partition coefficient (Wildman–Crippen LogP) is 1.91. The average molecular weight is 259 g/mol. The van der Waals surface area contributed by atoms with Crippen molar-refractivity contribution >= 4 is 28.6 Å². The van der Waals surface area contributed by atoms with Gasteiger partial charge in [-0.3, -0.25) is 9.59 Å². The first kappa shape index (κ1) is 9.27. The van der Waals surface area contributed by atoms with Gasteiger partial charge in [-0.2, -0.15) is 0 Å². The molecule has 0 N–H and O–H groups in total. The fourth-order valence-electron chi connectivity index (χ4n) is 2.07. The number of carbonyl (C=O) groups excluding carboxylic acids is 3. The first-order valence-electron chi connectivity index (χ1n) is 6.52. The van der Waals surface area contributed by atoms with Gasteiger partial charge in [0.15, 0.2) is 0 Å². The number of hydrogen-bond donors (Lipinski definition) is 0. The maximum Gasteiger partial charge on any atom is 0.330 e. The highest BCUT2D eigenvalue weighted by atomic mass is 16.7. The number of rotatable bonds is 1. The number of hydrogen-bond acceptors (Lipinski definition) is 4. The standard InChI is InChI=1S/C14H9NO4/c1-8(16)19-15-13(17)10-6-2-4-9-5-3-7-11(12(9)10)14(15)18/h2-7H,1H3/i2T,6T. The van der Waals surface area contributed by atoms with Crippen molar-refractivity contribution in [1.82, 2.24) is 5.06 Å². The first-order chi connectivity index (χ1) is 9.91. The predicted molar refractivity (Wildman–Crippen MR) is 66.2 cm³/mol. The van der Waals surface area contributed by atoms with E-state index < -0.39 is 17.8 Å². The number of benzene rings is 2. The van der Waals surface area contributed by atoms with Gasteiger partial charge in [-0.05, 0) is 17.5 Å². The van der Waals surface area contributed by atoms with Gasteiger partial charge in [0.05, 0.1) is 13.9 Å². The van der Waals surface area contributed by atoms with Crippen LogP contribution in [0.1, 0.15) is 30.4 Å². The molecule has 0 saturated heterocycles.